The summed E-state index contributed by atoms with van der Waals surface area (Å²) >= 11 is 7.66. The highest BCUT2D eigenvalue weighted by molar-refractivity contribution is 7.21. The number of aromatic nitrogens is 3. The molecule has 1 aliphatic heterocycles. The highest BCUT2D eigenvalue weighted by Crippen LogP contribution is 2.31. The van der Waals surface area contributed by atoms with Crippen molar-refractivity contribution in [3.8, 4) is 0 Å². The van der Waals surface area contributed by atoms with E-state index in [9.17, 15) is 4.79 Å². The molecule has 1 aromatic carbocycles. The van der Waals surface area contributed by atoms with Crippen LogP contribution in [0.4, 0.5) is 22.5 Å². The molecule has 0 atom stereocenters. The molecule has 5 rings (SSSR count). The molecule has 1 amide bonds. The lowest BCUT2D eigenvalue weighted by Crippen LogP contribution is -2.35. The van der Waals surface area contributed by atoms with Crippen LogP contribution in [-0.4, -0.2) is 66.2 Å². The van der Waals surface area contributed by atoms with Crippen molar-refractivity contribution in [2.24, 2.45) is 0 Å². The fourth-order valence-corrected chi connectivity index (χ4v) is 5.04. The van der Waals surface area contributed by atoms with Gasteiger partial charge in [-0.25, -0.2) is 20.4 Å². The molecule has 10 nitrogen and oxygen atoms in total. The average Bonchev–Trinajstić information content (AvgIpc) is 3.31. The van der Waals surface area contributed by atoms with E-state index in [1.54, 1.807) is 12.1 Å². The first-order valence-electron chi connectivity index (χ1n) is 11.7. The normalized spacial score (nSPS) is 14.0. The zero-order chi connectivity index (χ0) is 25.8. The molecule has 192 valence electrons. The molecule has 2 N–H and O–H groups in total. The highest BCUT2D eigenvalue weighted by Gasteiger charge is 2.16. The number of hydrogen-bond donors (Lipinski definition) is 2. The molecule has 1 aliphatic rings. The summed E-state index contributed by atoms with van der Waals surface area (Å²) in [5.74, 6) is 1.02. The average molecular weight is 540 g/mol. The molecule has 1 saturated heterocycles. The van der Waals surface area contributed by atoms with Crippen LogP contribution in [0.1, 0.15) is 15.9 Å². The lowest BCUT2D eigenvalue weighted by molar-refractivity contribution is 0.0342. The van der Waals surface area contributed by atoms with Gasteiger partial charge < -0.3 is 15.0 Å². The number of halogens is 1. The number of nitrogens with one attached hydrogen (secondary N) is 2. The minimum atomic E-state index is -0.424. The standard InChI is InChI=1S/C25H26ClN7O3S/c1-32(17-3-4-19(26)18(14-17)23(34)31-35-2)22-6-5-20-24(30-22)37-25(28-20)29-21-13-16(7-8-27-21)15-33-9-11-36-12-10-33/h3-8,13-14H,9-12,15H2,1-2H3,(H,31,34)(H,27,28,29). The summed E-state index contributed by atoms with van der Waals surface area (Å²) in [5, 5.41) is 4.36. The first-order chi connectivity index (χ1) is 18.0. The van der Waals surface area contributed by atoms with Crippen molar-refractivity contribution in [3.63, 3.8) is 0 Å². The molecule has 0 bridgehead atoms. The van der Waals surface area contributed by atoms with Crippen LogP contribution in [0.2, 0.25) is 5.02 Å². The number of anilines is 4. The number of morpholine rings is 1. The molecule has 0 unspecified atom stereocenters. The Kier molecular flexibility index (Phi) is 7.77. The lowest BCUT2D eigenvalue weighted by Gasteiger charge is -2.26. The molecule has 3 aromatic heterocycles. The summed E-state index contributed by atoms with van der Waals surface area (Å²) in [6.45, 7) is 4.27. The van der Waals surface area contributed by atoms with Crippen molar-refractivity contribution >= 4 is 61.6 Å². The van der Waals surface area contributed by atoms with E-state index in [-0.39, 0.29) is 0 Å². The fraction of sp³-hybridized carbons (Fsp3) is 0.280. The van der Waals surface area contributed by atoms with E-state index in [1.807, 2.05) is 48.5 Å². The van der Waals surface area contributed by atoms with Gasteiger partial charge in [0.25, 0.3) is 5.91 Å². The van der Waals surface area contributed by atoms with Gasteiger partial charge in [-0.2, -0.15) is 0 Å². The number of fused-ring (bicyclic) bond motifs is 1. The smallest absolute Gasteiger partial charge is 0.276 e. The summed E-state index contributed by atoms with van der Waals surface area (Å²) in [6, 6.07) is 13.1. The number of pyridine rings is 2. The van der Waals surface area contributed by atoms with Crippen LogP contribution in [0.5, 0.6) is 0 Å². The van der Waals surface area contributed by atoms with Crippen LogP contribution in [0.25, 0.3) is 10.3 Å². The Morgan fingerprint density at radius 2 is 2.03 bits per heavy atom. The summed E-state index contributed by atoms with van der Waals surface area (Å²) in [5.41, 5.74) is 5.32. The van der Waals surface area contributed by atoms with Gasteiger partial charge in [0.1, 0.15) is 22.0 Å². The van der Waals surface area contributed by atoms with Crippen molar-refractivity contribution in [2.75, 3.05) is 50.7 Å². The van der Waals surface area contributed by atoms with Crippen LogP contribution in [-0.2, 0) is 16.1 Å². The second-order valence-electron chi connectivity index (χ2n) is 8.43. The number of rotatable bonds is 8. The molecule has 0 saturated carbocycles. The predicted molar refractivity (Wildman–Crippen MR) is 145 cm³/mol. The Morgan fingerprint density at radius 1 is 1.19 bits per heavy atom. The third kappa shape index (κ3) is 5.97. The van der Waals surface area contributed by atoms with Crippen molar-refractivity contribution < 1.29 is 14.4 Å². The maximum Gasteiger partial charge on any atom is 0.276 e. The number of amides is 1. The van der Waals surface area contributed by atoms with Gasteiger partial charge in [0, 0.05) is 38.6 Å². The molecule has 4 aromatic rings. The molecule has 0 aliphatic carbocycles. The van der Waals surface area contributed by atoms with Crippen molar-refractivity contribution in [1.82, 2.24) is 25.3 Å². The summed E-state index contributed by atoms with van der Waals surface area (Å²) < 4.78 is 5.44. The number of benzene rings is 1. The van der Waals surface area contributed by atoms with Gasteiger partial charge in [-0.15, -0.1) is 0 Å². The maximum atomic E-state index is 12.2. The van der Waals surface area contributed by atoms with Gasteiger partial charge in [-0.3, -0.25) is 14.5 Å². The zero-order valence-electron chi connectivity index (χ0n) is 20.4. The SMILES string of the molecule is CONC(=O)c1cc(N(C)c2ccc3nc(Nc4cc(CN5CCOCC5)ccn4)sc3n2)ccc1Cl. The van der Waals surface area contributed by atoms with E-state index in [1.165, 1.54) is 24.0 Å². The number of nitrogens with zero attached hydrogens (tertiary/aromatic N) is 5. The fourth-order valence-electron chi connectivity index (χ4n) is 3.99. The summed E-state index contributed by atoms with van der Waals surface area (Å²) in [4.78, 5) is 35.9. The van der Waals surface area contributed by atoms with Crippen LogP contribution < -0.4 is 15.7 Å². The first-order valence-corrected chi connectivity index (χ1v) is 12.9. The van der Waals surface area contributed by atoms with E-state index < -0.39 is 5.91 Å². The first kappa shape index (κ1) is 25.3. The second-order valence-corrected chi connectivity index (χ2v) is 9.82. The molecule has 4 heterocycles. The molecular formula is C25H26ClN7O3S. The Hall–Kier alpha value is -3.35. The van der Waals surface area contributed by atoms with Gasteiger partial charge in [0.2, 0.25) is 0 Å². The van der Waals surface area contributed by atoms with Gasteiger partial charge in [0.15, 0.2) is 5.13 Å². The van der Waals surface area contributed by atoms with Gasteiger partial charge in [-0.1, -0.05) is 22.9 Å². The van der Waals surface area contributed by atoms with E-state index >= 15 is 0 Å². The van der Waals surface area contributed by atoms with E-state index in [4.69, 9.17) is 26.2 Å². The van der Waals surface area contributed by atoms with Crippen LogP contribution >= 0.6 is 22.9 Å². The minimum Gasteiger partial charge on any atom is -0.379 e. The van der Waals surface area contributed by atoms with Gasteiger partial charge in [-0.05, 0) is 48.0 Å². The molecule has 12 heteroatoms. The Morgan fingerprint density at radius 3 is 2.84 bits per heavy atom. The van der Waals surface area contributed by atoms with E-state index in [2.05, 4.69) is 25.7 Å². The largest absolute Gasteiger partial charge is 0.379 e. The molecule has 0 spiro atoms. The Balaban J connectivity index is 1.32. The Bertz CT molecular complexity index is 1410. The van der Waals surface area contributed by atoms with Crippen molar-refractivity contribution in [1.29, 1.82) is 0 Å². The van der Waals surface area contributed by atoms with Crippen molar-refractivity contribution in [2.45, 2.75) is 6.54 Å². The number of carbonyl (C=O) groups is 1. The molecule has 0 radical (unpaired) electrons. The molecule has 1 fully saturated rings. The molecular weight excluding hydrogens is 514 g/mol. The summed E-state index contributed by atoms with van der Waals surface area (Å²) in [7, 11) is 3.25. The number of hydrogen-bond acceptors (Lipinski definition) is 10. The Labute approximate surface area is 223 Å². The zero-order valence-corrected chi connectivity index (χ0v) is 22.0. The second kappa shape index (κ2) is 11.4. The maximum absolute atomic E-state index is 12.2. The van der Waals surface area contributed by atoms with E-state index in [0.29, 0.717) is 21.5 Å². The summed E-state index contributed by atoms with van der Waals surface area (Å²) in [6.07, 6.45) is 1.81. The third-order valence-corrected chi connectivity index (χ3v) is 7.14. The number of carbonyl (C=O) groups excluding carboxylic acids is 1. The topological polar surface area (TPSA) is 105 Å². The van der Waals surface area contributed by atoms with Crippen LogP contribution in [0, 0.1) is 0 Å². The van der Waals surface area contributed by atoms with Crippen LogP contribution in [0.3, 0.4) is 0 Å². The molecule has 37 heavy (non-hydrogen) atoms. The van der Waals surface area contributed by atoms with Crippen LogP contribution in [0.15, 0.2) is 48.7 Å². The minimum absolute atomic E-state index is 0.307. The third-order valence-electron chi connectivity index (χ3n) is 5.93. The van der Waals surface area contributed by atoms with E-state index in [0.717, 1.165) is 54.7 Å². The number of thiazole rings is 1. The van der Waals surface area contributed by atoms with Crippen molar-refractivity contribution in [3.05, 3.63) is 64.8 Å². The quantitative estimate of drug-likeness (QED) is 0.316. The monoisotopic (exact) mass is 539 g/mol. The number of hydroxylamine groups is 1. The van der Waals surface area contributed by atoms with Gasteiger partial charge in [0.05, 0.1) is 30.9 Å². The highest BCUT2D eigenvalue weighted by atomic mass is 35.5. The number of ether oxygens (including phenoxy) is 1. The predicted octanol–water partition coefficient (Wildman–Crippen LogP) is 4.37. The van der Waals surface area contributed by atoms with Gasteiger partial charge >= 0.3 is 0 Å². The lowest BCUT2D eigenvalue weighted by atomic mass is 10.1.